The predicted molar refractivity (Wildman–Crippen MR) is 40.6 cm³/mol. The first-order chi connectivity index (χ1) is 4.31. The van der Waals surface area contributed by atoms with Gasteiger partial charge in [-0.15, -0.1) is 0 Å². The van der Waals surface area contributed by atoms with Crippen LogP contribution in [0.3, 0.4) is 0 Å². The third-order valence-electron chi connectivity index (χ3n) is 0.617. The van der Waals surface area contributed by atoms with Crippen LogP contribution in [0.2, 0.25) is 0 Å². The fourth-order valence-electron chi connectivity index (χ4n) is 0.317. The standard InChI is InChI=1S/C6H11N3/c1-3-5-9-6(7)8-4-2/h3-5H,1-2H3,(H2,7,9)/b5-3+,8-4-. The average molecular weight is 125 g/mol. The molecule has 0 aliphatic carbocycles. The highest BCUT2D eigenvalue weighted by atomic mass is 15.0. The number of nitrogens with two attached hydrogens (primary N) is 1. The van der Waals surface area contributed by atoms with Gasteiger partial charge in [0.2, 0.25) is 5.96 Å². The van der Waals surface area contributed by atoms with Crippen LogP contribution >= 0.6 is 0 Å². The van der Waals surface area contributed by atoms with Crippen molar-refractivity contribution < 1.29 is 0 Å². The van der Waals surface area contributed by atoms with E-state index in [9.17, 15) is 0 Å². The Morgan fingerprint density at radius 2 is 2.11 bits per heavy atom. The van der Waals surface area contributed by atoms with Crippen LogP contribution in [-0.4, -0.2) is 12.2 Å². The molecule has 0 amide bonds. The van der Waals surface area contributed by atoms with Crippen molar-refractivity contribution in [2.24, 2.45) is 15.7 Å². The molecule has 0 fully saturated rings. The van der Waals surface area contributed by atoms with Crippen LogP contribution < -0.4 is 5.73 Å². The molecule has 3 heteroatoms. The summed E-state index contributed by atoms with van der Waals surface area (Å²) >= 11 is 0. The molecular formula is C6H11N3. The molecule has 0 saturated carbocycles. The summed E-state index contributed by atoms with van der Waals surface area (Å²) in [7, 11) is 0. The van der Waals surface area contributed by atoms with E-state index in [-0.39, 0.29) is 5.96 Å². The van der Waals surface area contributed by atoms with Gasteiger partial charge in [0.1, 0.15) is 0 Å². The van der Waals surface area contributed by atoms with Gasteiger partial charge in [-0.1, -0.05) is 6.08 Å². The van der Waals surface area contributed by atoms with Crippen LogP contribution in [0.5, 0.6) is 0 Å². The Hall–Kier alpha value is -1.12. The van der Waals surface area contributed by atoms with Crippen molar-refractivity contribution in [3.8, 4) is 0 Å². The molecule has 2 N–H and O–H groups in total. The van der Waals surface area contributed by atoms with E-state index in [2.05, 4.69) is 9.98 Å². The zero-order chi connectivity index (χ0) is 7.11. The minimum absolute atomic E-state index is 0.288. The van der Waals surface area contributed by atoms with Crippen LogP contribution in [0, 0.1) is 0 Å². The monoisotopic (exact) mass is 125 g/mol. The van der Waals surface area contributed by atoms with Crippen molar-refractivity contribution in [2.75, 3.05) is 0 Å². The van der Waals surface area contributed by atoms with Crippen LogP contribution in [0.4, 0.5) is 0 Å². The first-order valence-corrected chi connectivity index (χ1v) is 2.74. The summed E-state index contributed by atoms with van der Waals surface area (Å²) in [6.45, 7) is 3.66. The molecule has 0 radical (unpaired) electrons. The lowest BCUT2D eigenvalue weighted by Crippen LogP contribution is -2.06. The molecule has 0 saturated heterocycles. The normalized spacial score (nSPS) is 13.8. The topological polar surface area (TPSA) is 50.7 Å². The van der Waals surface area contributed by atoms with Gasteiger partial charge in [-0.2, -0.15) is 0 Å². The Bertz CT molecular complexity index is 144. The third kappa shape index (κ3) is 4.74. The van der Waals surface area contributed by atoms with Crippen molar-refractivity contribution in [3.63, 3.8) is 0 Å². The Balaban J connectivity index is 3.84. The van der Waals surface area contributed by atoms with Crippen molar-refractivity contribution in [1.82, 2.24) is 0 Å². The Labute approximate surface area is 55.0 Å². The second kappa shape index (κ2) is 5.03. The van der Waals surface area contributed by atoms with Gasteiger partial charge in [-0.3, -0.25) is 0 Å². The quantitative estimate of drug-likeness (QED) is 0.411. The van der Waals surface area contributed by atoms with E-state index in [4.69, 9.17) is 5.73 Å². The summed E-state index contributed by atoms with van der Waals surface area (Å²) in [6.07, 6.45) is 4.99. The van der Waals surface area contributed by atoms with Gasteiger partial charge in [0.25, 0.3) is 0 Å². The van der Waals surface area contributed by atoms with E-state index >= 15 is 0 Å². The summed E-state index contributed by atoms with van der Waals surface area (Å²) in [5.41, 5.74) is 5.27. The zero-order valence-corrected chi connectivity index (χ0v) is 5.70. The Kier molecular flexibility index (Phi) is 4.40. The molecular weight excluding hydrogens is 114 g/mol. The summed E-state index contributed by atoms with van der Waals surface area (Å²) in [5.74, 6) is 0.288. The van der Waals surface area contributed by atoms with Gasteiger partial charge in [0, 0.05) is 12.4 Å². The number of hydrogen-bond acceptors (Lipinski definition) is 1. The first-order valence-electron chi connectivity index (χ1n) is 2.74. The molecule has 3 nitrogen and oxygen atoms in total. The van der Waals surface area contributed by atoms with Gasteiger partial charge >= 0.3 is 0 Å². The predicted octanol–water partition coefficient (Wildman–Crippen LogP) is 0.925. The molecule has 0 heterocycles. The van der Waals surface area contributed by atoms with Gasteiger partial charge in [-0.25, -0.2) is 9.98 Å². The number of hydrogen-bond donors (Lipinski definition) is 1. The first kappa shape index (κ1) is 7.88. The highest BCUT2D eigenvalue weighted by molar-refractivity contribution is 5.86. The summed E-state index contributed by atoms with van der Waals surface area (Å²) in [5, 5.41) is 0. The van der Waals surface area contributed by atoms with E-state index in [0.717, 1.165) is 0 Å². The summed E-state index contributed by atoms with van der Waals surface area (Å²) in [6, 6.07) is 0. The molecule has 0 atom stereocenters. The molecule has 0 spiro atoms. The maximum Gasteiger partial charge on any atom is 0.219 e. The lowest BCUT2D eigenvalue weighted by Gasteiger charge is -1.83. The van der Waals surface area contributed by atoms with Gasteiger partial charge < -0.3 is 5.73 Å². The number of nitrogens with zero attached hydrogens (tertiary/aromatic N) is 2. The van der Waals surface area contributed by atoms with Gasteiger partial charge in [0.15, 0.2) is 0 Å². The highest BCUT2D eigenvalue weighted by Crippen LogP contribution is 1.74. The number of rotatable bonds is 1. The molecule has 0 bridgehead atoms. The molecule has 0 aliphatic rings. The minimum atomic E-state index is 0.288. The second-order valence-corrected chi connectivity index (χ2v) is 1.36. The van der Waals surface area contributed by atoms with Crippen LogP contribution in [0.1, 0.15) is 13.8 Å². The van der Waals surface area contributed by atoms with Crippen molar-refractivity contribution in [1.29, 1.82) is 0 Å². The lowest BCUT2D eigenvalue weighted by molar-refractivity contribution is 1.42. The molecule has 0 aromatic rings. The maximum atomic E-state index is 5.27. The van der Waals surface area contributed by atoms with E-state index in [1.165, 1.54) is 0 Å². The molecule has 0 aromatic carbocycles. The fourth-order valence-corrected chi connectivity index (χ4v) is 0.317. The number of allylic oxidation sites excluding steroid dienone is 1. The second-order valence-electron chi connectivity index (χ2n) is 1.36. The Morgan fingerprint density at radius 3 is 2.56 bits per heavy atom. The van der Waals surface area contributed by atoms with Crippen LogP contribution in [0.15, 0.2) is 22.3 Å². The van der Waals surface area contributed by atoms with Crippen LogP contribution in [-0.2, 0) is 0 Å². The Morgan fingerprint density at radius 1 is 1.44 bits per heavy atom. The van der Waals surface area contributed by atoms with Crippen molar-refractivity contribution >= 4 is 12.2 Å². The fraction of sp³-hybridized carbons (Fsp3) is 0.333. The summed E-state index contributed by atoms with van der Waals surface area (Å²) < 4.78 is 0. The molecule has 0 aromatic heterocycles. The molecule has 9 heavy (non-hydrogen) atoms. The smallest absolute Gasteiger partial charge is 0.219 e. The highest BCUT2D eigenvalue weighted by Gasteiger charge is 1.75. The maximum absolute atomic E-state index is 5.27. The zero-order valence-electron chi connectivity index (χ0n) is 5.70. The SMILES string of the molecule is C\C=N/C(N)=N\C=C\C. The number of aliphatic imine (C=N–C) groups is 2. The molecule has 50 valence electrons. The molecule has 0 aliphatic heterocycles. The van der Waals surface area contributed by atoms with E-state index in [1.807, 2.05) is 6.92 Å². The average Bonchev–Trinajstić information content (AvgIpc) is 1.85. The molecule has 0 unspecified atom stereocenters. The third-order valence-corrected chi connectivity index (χ3v) is 0.617. The van der Waals surface area contributed by atoms with Gasteiger partial charge in [0.05, 0.1) is 0 Å². The van der Waals surface area contributed by atoms with E-state index in [0.29, 0.717) is 0 Å². The van der Waals surface area contributed by atoms with Crippen molar-refractivity contribution in [3.05, 3.63) is 12.3 Å². The molecule has 0 rings (SSSR count). The van der Waals surface area contributed by atoms with E-state index in [1.54, 1.807) is 25.4 Å². The summed E-state index contributed by atoms with van der Waals surface area (Å²) in [4.78, 5) is 7.46. The van der Waals surface area contributed by atoms with Crippen molar-refractivity contribution in [2.45, 2.75) is 13.8 Å². The minimum Gasteiger partial charge on any atom is -0.368 e. The lowest BCUT2D eigenvalue weighted by atomic mass is 10.7. The largest absolute Gasteiger partial charge is 0.368 e. The van der Waals surface area contributed by atoms with Gasteiger partial charge in [-0.05, 0) is 13.8 Å². The van der Waals surface area contributed by atoms with E-state index < -0.39 is 0 Å². The van der Waals surface area contributed by atoms with Crippen LogP contribution in [0.25, 0.3) is 0 Å². The number of guanidine groups is 1.